The largest absolute Gasteiger partial charge is 0.283 e. The lowest BCUT2D eigenvalue weighted by Crippen LogP contribution is -2.68. The second-order valence-electron chi connectivity index (χ2n) is 4.53. The molecule has 0 aliphatic heterocycles. The summed E-state index contributed by atoms with van der Waals surface area (Å²) in [6.07, 6.45) is 5.89. The third-order valence-corrected chi connectivity index (χ3v) is 2.58. The van der Waals surface area contributed by atoms with E-state index >= 15 is 0 Å². The van der Waals surface area contributed by atoms with E-state index in [0.717, 1.165) is 11.1 Å². The molecule has 0 spiro atoms. The van der Waals surface area contributed by atoms with Crippen LogP contribution in [0.1, 0.15) is 5.69 Å². The highest BCUT2D eigenvalue weighted by atomic mass is 35.7. The number of pyridine rings is 2. The van der Waals surface area contributed by atoms with Crippen LogP contribution in [0.25, 0.3) is 11.1 Å². The second kappa shape index (κ2) is 10.3. The lowest BCUT2D eigenvalue weighted by Gasteiger charge is -2.17. The fourth-order valence-corrected chi connectivity index (χ4v) is 1.55. The van der Waals surface area contributed by atoms with E-state index in [1.165, 1.54) is 0 Å². The van der Waals surface area contributed by atoms with Gasteiger partial charge in [0.1, 0.15) is 14.1 Å². The highest BCUT2D eigenvalue weighted by Gasteiger charge is 2.08. The Morgan fingerprint density at radius 1 is 0.769 bits per heavy atom. The van der Waals surface area contributed by atoms with Crippen molar-refractivity contribution in [2.75, 3.05) is 0 Å². The first-order valence-electron chi connectivity index (χ1n) is 6.29. The molecule has 2 heterocycles. The van der Waals surface area contributed by atoms with Gasteiger partial charge < -0.3 is 0 Å². The Bertz CT molecular complexity index is 715. The van der Waals surface area contributed by atoms with Gasteiger partial charge in [-0.2, -0.15) is 9.83 Å². The maximum atomic E-state index is 8.96. The van der Waals surface area contributed by atoms with E-state index in [0.29, 0.717) is 5.69 Å². The molecule has 0 saturated heterocycles. The summed E-state index contributed by atoms with van der Waals surface area (Å²) in [4.78, 5) is 0. The number of nitrogens with zero attached hydrogens (tertiary/aromatic N) is 3. The van der Waals surface area contributed by atoms with Crippen LogP contribution in [0.5, 0.6) is 0 Å². The fraction of sp³-hybridized carbons (Fsp3) is 0.154. The van der Waals surface area contributed by atoms with Gasteiger partial charge in [-0.1, -0.05) is 0 Å². The van der Waals surface area contributed by atoms with Crippen LogP contribution in [0.3, 0.4) is 0 Å². The summed E-state index contributed by atoms with van der Waals surface area (Å²) in [6, 6.07) is 10.2. The summed E-state index contributed by atoms with van der Waals surface area (Å²) in [6.45, 7) is 0. The van der Waals surface area contributed by atoms with E-state index < -0.39 is 20.5 Å². The van der Waals surface area contributed by atoms with Gasteiger partial charge in [0.15, 0.2) is 24.7 Å². The van der Waals surface area contributed by atoms with Crippen molar-refractivity contribution >= 4 is 0 Å². The van der Waals surface area contributed by atoms with Crippen LogP contribution in [-0.4, -0.2) is 0 Å². The molecule has 13 heteroatoms. The van der Waals surface area contributed by atoms with E-state index in [2.05, 4.69) is 6.07 Å². The lowest BCUT2D eigenvalue weighted by atomic mass is 10.1. The summed E-state index contributed by atoms with van der Waals surface area (Å²) in [5.41, 5.74) is 2.84. The van der Waals surface area contributed by atoms with Gasteiger partial charge in [-0.05, 0) is 11.1 Å². The van der Waals surface area contributed by atoms with Crippen LogP contribution in [0.4, 0.5) is 0 Å². The SMILES string of the molecule is C[n+]1ccc(-c2cc[n+](C)c(C#N)c2)cc1.[O-][Cl+3]([O-])([O-])[O-].[O-][Cl+3]([O-])([O-])[O-]. The molecule has 2 rings (SSSR count). The van der Waals surface area contributed by atoms with Crippen LogP contribution >= 0.6 is 0 Å². The molecule has 0 aromatic carbocycles. The zero-order valence-corrected chi connectivity index (χ0v) is 14.9. The highest BCUT2D eigenvalue weighted by Crippen LogP contribution is 2.16. The molecule has 0 bridgehead atoms. The number of nitriles is 1. The van der Waals surface area contributed by atoms with Gasteiger partial charge in [0.05, 0.1) is 0 Å². The lowest BCUT2D eigenvalue weighted by molar-refractivity contribution is -2.00. The van der Waals surface area contributed by atoms with Crippen molar-refractivity contribution in [3.05, 3.63) is 48.5 Å². The molecular formula is C13H13Cl2N3O8. The van der Waals surface area contributed by atoms with Crippen molar-refractivity contribution in [3.63, 3.8) is 0 Å². The number of hydrogen-bond acceptors (Lipinski definition) is 9. The van der Waals surface area contributed by atoms with Gasteiger partial charge >= 0.3 is 0 Å². The standard InChI is InChI=1S/C13H13N3.2ClHO4/c1-15-6-3-11(4-7-15)12-5-8-16(2)13(9-12)10-14;2*2-1(3,4)5/h3-9H,1-2H3;2*(H,2,3,4,5)/q+2;;/p-2. The highest BCUT2D eigenvalue weighted by molar-refractivity contribution is 5.62. The maximum absolute atomic E-state index is 8.96. The first kappa shape index (κ1) is 24.1. The third-order valence-electron chi connectivity index (χ3n) is 2.58. The zero-order valence-electron chi connectivity index (χ0n) is 13.4. The van der Waals surface area contributed by atoms with E-state index in [9.17, 15) is 0 Å². The Morgan fingerprint density at radius 2 is 1.15 bits per heavy atom. The number of halogens is 2. The van der Waals surface area contributed by atoms with Crippen LogP contribution in [0.15, 0.2) is 42.9 Å². The molecule has 0 aliphatic carbocycles. The average molecular weight is 410 g/mol. The minimum Gasteiger partial charge on any atom is -0.222 e. The van der Waals surface area contributed by atoms with Gasteiger partial charge in [-0.3, -0.25) is 0 Å². The van der Waals surface area contributed by atoms with Gasteiger partial charge in [0, 0.05) is 24.3 Å². The molecule has 0 N–H and O–H groups in total. The Balaban J connectivity index is 0.000000520. The number of aryl methyl sites for hydroxylation is 2. The topological polar surface area (TPSA) is 216 Å². The van der Waals surface area contributed by atoms with E-state index in [-0.39, 0.29) is 0 Å². The number of hydrogen-bond donors (Lipinski definition) is 0. The van der Waals surface area contributed by atoms with Crippen molar-refractivity contribution in [1.29, 1.82) is 5.26 Å². The minimum absolute atomic E-state index is 0.658. The number of aromatic nitrogens is 2. The van der Waals surface area contributed by atoms with Gasteiger partial charge in [-0.15, -0.1) is 20.5 Å². The smallest absolute Gasteiger partial charge is 0.222 e. The molecule has 0 unspecified atom stereocenters. The van der Waals surface area contributed by atoms with Crippen LogP contribution in [-0.2, 0) is 14.1 Å². The Morgan fingerprint density at radius 3 is 1.54 bits per heavy atom. The summed E-state index contributed by atoms with van der Waals surface area (Å²) in [5.74, 6) is 0. The summed E-state index contributed by atoms with van der Waals surface area (Å²) in [7, 11) is -6.04. The van der Waals surface area contributed by atoms with Gasteiger partial charge in [0.25, 0.3) is 5.69 Å². The van der Waals surface area contributed by atoms with Crippen molar-refractivity contribution in [1.82, 2.24) is 0 Å². The minimum atomic E-state index is -4.94. The molecule has 11 nitrogen and oxygen atoms in total. The first-order valence-corrected chi connectivity index (χ1v) is 8.76. The predicted molar refractivity (Wildman–Crippen MR) is 58.9 cm³/mol. The molecule has 0 aliphatic rings. The fourth-order valence-electron chi connectivity index (χ4n) is 1.55. The molecule has 26 heavy (non-hydrogen) atoms. The van der Waals surface area contributed by atoms with Crippen LogP contribution in [0, 0.1) is 31.8 Å². The third kappa shape index (κ3) is 13.4. The van der Waals surface area contributed by atoms with Crippen LogP contribution in [0.2, 0.25) is 0 Å². The van der Waals surface area contributed by atoms with E-state index in [1.807, 2.05) is 66.1 Å². The van der Waals surface area contributed by atoms with Gasteiger partial charge in [0.2, 0.25) is 0 Å². The van der Waals surface area contributed by atoms with Gasteiger partial charge in [-0.25, -0.2) is 41.8 Å². The van der Waals surface area contributed by atoms with E-state index in [1.54, 1.807) is 0 Å². The maximum Gasteiger partial charge on any atom is 0.283 e. The quantitative estimate of drug-likeness (QED) is 0.407. The van der Waals surface area contributed by atoms with E-state index in [4.69, 9.17) is 42.5 Å². The molecule has 0 saturated carbocycles. The first-order chi connectivity index (χ1) is 11.7. The molecule has 0 radical (unpaired) electrons. The average Bonchev–Trinajstić information content (AvgIpc) is 2.45. The number of rotatable bonds is 1. The van der Waals surface area contributed by atoms with Crippen molar-refractivity contribution < 1.29 is 66.9 Å². The Kier molecular flexibility index (Phi) is 9.49. The zero-order chi connectivity index (χ0) is 20.5. The molecule has 2 aromatic heterocycles. The monoisotopic (exact) mass is 409 g/mol. The molecule has 0 amide bonds. The molecule has 2 aromatic rings. The molecule has 0 atom stereocenters. The summed E-state index contributed by atoms with van der Waals surface area (Å²) in [5, 5.41) is 8.96. The molecule has 0 fully saturated rings. The van der Waals surface area contributed by atoms with Crippen molar-refractivity contribution in [2.45, 2.75) is 0 Å². The normalized spacial score (nSPS) is 10.7. The van der Waals surface area contributed by atoms with Crippen molar-refractivity contribution in [2.24, 2.45) is 14.1 Å². The molecular weight excluding hydrogens is 397 g/mol. The Labute approximate surface area is 152 Å². The molecule has 142 valence electrons. The summed E-state index contributed by atoms with van der Waals surface area (Å²) >= 11 is 0. The van der Waals surface area contributed by atoms with Crippen molar-refractivity contribution in [3.8, 4) is 17.2 Å². The Hall–Kier alpha value is -1.95. The second-order valence-corrected chi connectivity index (χ2v) is 6.04. The summed E-state index contributed by atoms with van der Waals surface area (Å²) < 4.78 is 71.7. The predicted octanol–water partition coefficient (Wildman–Crippen LogP) is -8.64. The van der Waals surface area contributed by atoms with Crippen LogP contribution < -0.4 is 46.4 Å².